The van der Waals surface area contributed by atoms with Crippen molar-refractivity contribution < 1.29 is 4.74 Å². The van der Waals surface area contributed by atoms with Gasteiger partial charge in [0.1, 0.15) is 0 Å². The Labute approximate surface area is 99.5 Å². The third kappa shape index (κ3) is 2.96. The van der Waals surface area contributed by atoms with E-state index in [1.54, 1.807) is 0 Å². The zero-order chi connectivity index (χ0) is 11.4. The molecule has 0 saturated carbocycles. The van der Waals surface area contributed by atoms with E-state index < -0.39 is 0 Å². The van der Waals surface area contributed by atoms with Crippen molar-refractivity contribution in [2.75, 3.05) is 32.8 Å². The lowest BCUT2D eigenvalue weighted by Gasteiger charge is -2.42. The molecule has 0 radical (unpaired) electrons. The highest BCUT2D eigenvalue weighted by Crippen LogP contribution is 2.22. The van der Waals surface area contributed by atoms with Gasteiger partial charge in [0, 0.05) is 18.7 Å². The van der Waals surface area contributed by atoms with Crippen LogP contribution in [0, 0.1) is 5.92 Å². The van der Waals surface area contributed by atoms with Crippen LogP contribution in [0.4, 0.5) is 0 Å². The maximum Gasteiger partial charge on any atom is 0.0637 e. The van der Waals surface area contributed by atoms with Gasteiger partial charge in [-0.2, -0.15) is 0 Å². The van der Waals surface area contributed by atoms with E-state index in [0.717, 1.165) is 25.7 Å². The van der Waals surface area contributed by atoms with Crippen LogP contribution in [0.2, 0.25) is 0 Å². The van der Waals surface area contributed by atoms with Gasteiger partial charge >= 0.3 is 0 Å². The van der Waals surface area contributed by atoms with Gasteiger partial charge < -0.3 is 10.1 Å². The molecule has 2 rings (SSSR count). The molecular formula is C13H26N2O. The SMILES string of the molecule is CCNC1CCOCC1N1CCC(C)CC1. The average Bonchev–Trinajstić information content (AvgIpc) is 2.32. The van der Waals surface area contributed by atoms with Crippen LogP contribution in [0.25, 0.3) is 0 Å². The van der Waals surface area contributed by atoms with Gasteiger partial charge in [0.05, 0.1) is 6.61 Å². The third-order valence-electron chi connectivity index (χ3n) is 4.08. The summed E-state index contributed by atoms with van der Waals surface area (Å²) in [6.07, 6.45) is 3.88. The molecule has 16 heavy (non-hydrogen) atoms. The zero-order valence-electron chi connectivity index (χ0n) is 10.7. The highest BCUT2D eigenvalue weighted by Gasteiger charge is 2.31. The van der Waals surface area contributed by atoms with Crippen molar-refractivity contribution >= 4 is 0 Å². The number of likely N-dealkylation sites (N-methyl/N-ethyl adjacent to an activating group) is 1. The quantitative estimate of drug-likeness (QED) is 0.789. The minimum atomic E-state index is 0.612. The van der Waals surface area contributed by atoms with Crippen LogP contribution in [-0.2, 0) is 4.74 Å². The molecule has 2 aliphatic heterocycles. The normalized spacial score (nSPS) is 34.1. The lowest BCUT2D eigenvalue weighted by Crippen LogP contribution is -2.56. The molecule has 0 amide bonds. The van der Waals surface area contributed by atoms with Gasteiger partial charge in [-0.25, -0.2) is 0 Å². The van der Waals surface area contributed by atoms with E-state index in [2.05, 4.69) is 24.1 Å². The van der Waals surface area contributed by atoms with Gasteiger partial charge in [0.2, 0.25) is 0 Å². The molecule has 2 heterocycles. The van der Waals surface area contributed by atoms with Crippen molar-refractivity contribution in [1.82, 2.24) is 10.2 Å². The summed E-state index contributed by atoms with van der Waals surface area (Å²) in [5.74, 6) is 0.915. The van der Waals surface area contributed by atoms with Crippen molar-refractivity contribution in [3.63, 3.8) is 0 Å². The van der Waals surface area contributed by atoms with Gasteiger partial charge in [-0.1, -0.05) is 13.8 Å². The number of piperidine rings is 1. The molecular weight excluding hydrogens is 200 g/mol. The Morgan fingerprint density at radius 2 is 2.00 bits per heavy atom. The minimum absolute atomic E-state index is 0.612. The maximum atomic E-state index is 5.66. The highest BCUT2D eigenvalue weighted by atomic mass is 16.5. The van der Waals surface area contributed by atoms with Crippen molar-refractivity contribution in [3.8, 4) is 0 Å². The Kier molecular flexibility index (Phi) is 4.62. The summed E-state index contributed by atoms with van der Waals surface area (Å²) >= 11 is 0. The number of likely N-dealkylation sites (tertiary alicyclic amines) is 1. The second kappa shape index (κ2) is 5.99. The second-order valence-corrected chi connectivity index (χ2v) is 5.31. The smallest absolute Gasteiger partial charge is 0.0637 e. The minimum Gasteiger partial charge on any atom is -0.380 e. The Hall–Kier alpha value is -0.120. The van der Waals surface area contributed by atoms with Crippen molar-refractivity contribution in [2.24, 2.45) is 5.92 Å². The van der Waals surface area contributed by atoms with E-state index in [1.807, 2.05) is 0 Å². The molecule has 3 heteroatoms. The van der Waals surface area contributed by atoms with Gasteiger partial charge in [0.15, 0.2) is 0 Å². The Morgan fingerprint density at radius 3 is 2.69 bits per heavy atom. The Bertz CT molecular complexity index is 200. The number of rotatable bonds is 3. The van der Waals surface area contributed by atoms with Crippen molar-refractivity contribution in [1.29, 1.82) is 0 Å². The lowest BCUT2D eigenvalue weighted by atomic mass is 9.94. The average molecular weight is 226 g/mol. The molecule has 2 fully saturated rings. The number of hydrogen-bond acceptors (Lipinski definition) is 3. The van der Waals surface area contributed by atoms with E-state index in [0.29, 0.717) is 12.1 Å². The van der Waals surface area contributed by atoms with E-state index in [9.17, 15) is 0 Å². The van der Waals surface area contributed by atoms with Gasteiger partial charge in [-0.05, 0) is 44.8 Å². The molecule has 0 aliphatic carbocycles. The highest BCUT2D eigenvalue weighted by molar-refractivity contribution is 4.88. The van der Waals surface area contributed by atoms with Crippen LogP contribution in [0.5, 0.6) is 0 Å². The topological polar surface area (TPSA) is 24.5 Å². The van der Waals surface area contributed by atoms with E-state index in [1.165, 1.54) is 32.4 Å². The van der Waals surface area contributed by atoms with Gasteiger partial charge in [-0.15, -0.1) is 0 Å². The number of hydrogen-bond donors (Lipinski definition) is 1. The molecule has 2 saturated heterocycles. The van der Waals surface area contributed by atoms with Crippen LogP contribution in [-0.4, -0.2) is 49.8 Å². The molecule has 0 bridgehead atoms. The molecule has 2 atom stereocenters. The number of ether oxygens (including phenoxy) is 1. The molecule has 94 valence electrons. The predicted octanol–water partition coefficient (Wildman–Crippen LogP) is 1.49. The lowest BCUT2D eigenvalue weighted by molar-refractivity contribution is -0.0135. The van der Waals surface area contributed by atoms with E-state index in [4.69, 9.17) is 4.74 Å². The largest absolute Gasteiger partial charge is 0.380 e. The summed E-state index contributed by atoms with van der Waals surface area (Å²) in [5, 5.41) is 3.62. The maximum absolute atomic E-state index is 5.66. The number of nitrogens with one attached hydrogen (secondary N) is 1. The summed E-state index contributed by atoms with van der Waals surface area (Å²) < 4.78 is 5.66. The number of nitrogens with zero attached hydrogens (tertiary/aromatic N) is 1. The molecule has 0 spiro atoms. The van der Waals surface area contributed by atoms with Gasteiger partial charge in [0.25, 0.3) is 0 Å². The van der Waals surface area contributed by atoms with Crippen molar-refractivity contribution in [3.05, 3.63) is 0 Å². The first-order valence-corrected chi connectivity index (χ1v) is 6.86. The fourth-order valence-corrected chi connectivity index (χ4v) is 2.94. The molecule has 2 aliphatic rings. The van der Waals surface area contributed by atoms with Crippen LogP contribution >= 0.6 is 0 Å². The molecule has 0 aromatic rings. The third-order valence-corrected chi connectivity index (χ3v) is 4.08. The van der Waals surface area contributed by atoms with Crippen LogP contribution < -0.4 is 5.32 Å². The summed E-state index contributed by atoms with van der Waals surface area (Å²) in [6, 6.07) is 1.26. The fraction of sp³-hybridized carbons (Fsp3) is 1.00. The standard InChI is InChI=1S/C13H26N2O/c1-3-14-12-6-9-16-10-13(12)15-7-4-11(2)5-8-15/h11-14H,3-10H2,1-2H3. The molecule has 0 aromatic carbocycles. The summed E-state index contributed by atoms with van der Waals surface area (Å²) in [7, 11) is 0. The molecule has 2 unspecified atom stereocenters. The molecule has 3 nitrogen and oxygen atoms in total. The van der Waals surface area contributed by atoms with Crippen LogP contribution in [0.1, 0.15) is 33.1 Å². The second-order valence-electron chi connectivity index (χ2n) is 5.31. The summed E-state index contributed by atoms with van der Waals surface area (Å²) in [4.78, 5) is 2.65. The van der Waals surface area contributed by atoms with Crippen molar-refractivity contribution in [2.45, 2.75) is 45.2 Å². The van der Waals surface area contributed by atoms with Crippen LogP contribution in [0.15, 0.2) is 0 Å². The Balaban J connectivity index is 1.89. The summed E-state index contributed by atoms with van der Waals surface area (Å²) in [6.45, 7) is 10.0. The monoisotopic (exact) mass is 226 g/mol. The van der Waals surface area contributed by atoms with E-state index in [-0.39, 0.29) is 0 Å². The first-order valence-electron chi connectivity index (χ1n) is 6.86. The molecule has 0 aromatic heterocycles. The van der Waals surface area contributed by atoms with E-state index >= 15 is 0 Å². The van der Waals surface area contributed by atoms with Crippen LogP contribution in [0.3, 0.4) is 0 Å². The first kappa shape index (κ1) is 12.3. The summed E-state index contributed by atoms with van der Waals surface area (Å²) in [5.41, 5.74) is 0. The fourth-order valence-electron chi connectivity index (χ4n) is 2.94. The first-order chi connectivity index (χ1) is 7.81. The molecule has 1 N–H and O–H groups in total. The zero-order valence-corrected chi connectivity index (χ0v) is 10.7. The predicted molar refractivity (Wildman–Crippen MR) is 66.7 cm³/mol. The Morgan fingerprint density at radius 1 is 1.25 bits per heavy atom. The van der Waals surface area contributed by atoms with Gasteiger partial charge in [-0.3, -0.25) is 4.90 Å².